The number of carbonyl (C=O) groups excluding carboxylic acids is 1. The molecule has 1 atom stereocenters. The first kappa shape index (κ1) is 13.2. The number of hydrogen-bond donors (Lipinski definition) is 2. The number of allylic oxidation sites excluding steroid dienone is 1. The lowest BCUT2D eigenvalue weighted by Gasteiger charge is -2.16. The van der Waals surface area contributed by atoms with Gasteiger partial charge in [-0.15, -0.1) is 0 Å². The largest absolute Gasteiger partial charge is 0.368 e. The van der Waals surface area contributed by atoms with Crippen molar-refractivity contribution in [1.29, 1.82) is 0 Å². The van der Waals surface area contributed by atoms with Crippen molar-refractivity contribution >= 4 is 5.91 Å². The van der Waals surface area contributed by atoms with E-state index >= 15 is 0 Å². The minimum absolute atomic E-state index is 0.203. The predicted octanol–water partition coefficient (Wildman–Crippen LogP) is 1.44. The summed E-state index contributed by atoms with van der Waals surface area (Å²) in [6.45, 7) is 8.94. The fourth-order valence-electron chi connectivity index (χ4n) is 1.18. The Labute approximate surface area is 86.8 Å². The highest BCUT2D eigenvalue weighted by molar-refractivity contribution is 5.79. The Kier molecular flexibility index (Phi) is 6.21. The van der Waals surface area contributed by atoms with Gasteiger partial charge in [-0.3, -0.25) is 4.79 Å². The normalized spacial score (nSPS) is 12.6. The van der Waals surface area contributed by atoms with Gasteiger partial charge in [0.15, 0.2) is 0 Å². The Bertz CT molecular complexity index is 205. The van der Waals surface area contributed by atoms with Crippen molar-refractivity contribution in [3.8, 4) is 0 Å². The van der Waals surface area contributed by atoms with E-state index in [1.807, 2.05) is 13.8 Å². The van der Waals surface area contributed by atoms with Crippen LogP contribution in [-0.2, 0) is 4.79 Å². The number of nitrogens with two attached hydrogens (primary N) is 1. The summed E-state index contributed by atoms with van der Waals surface area (Å²) < 4.78 is 0. The zero-order valence-electron chi connectivity index (χ0n) is 9.63. The second kappa shape index (κ2) is 6.60. The van der Waals surface area contributed by atoms with E-state index in [1.165, 1.54) is 5.57 Å². The maximum Gasteiger partial charge on any atom is 0.234 e. The molecule has 0 aromatic heterocycles. The van der Waals surface area contributed by atoms with E-state index in [2.05, 4.69) is 25.2 Å². The minimum Gasteiger partial charge on any atom is -0.368 e. The minimum atomic E-state index is -0.263. The van der Waals surface area contributed by atoms with Crippen LogP contribution in [0.25, 0.3) is 0 Å². The number of hydrogen-bond acceptors (Lipinski definition) is 2. The second-order valence-electron chi connectivity index (χ2n) is 4.27. The zero-order valence-corrected chi connectivity index (χ0v) is 9.63. The zero-order chi connectivity index (χ0) is 11.1. The fraction of sp³-hybridized carbons (Fsp3) is 0.727. The Balaban J connectivity index is 3.98. The molecule has 0 aliphatic rings. The van der Waals surface area contributed by atoms with Gasteiger partial charge < -0.3 is 11.1 Å². The van der Waals surface area contributed by atoms with Gasteiger partial charge in [-0.2, -0.15) is 0 Å². The molecule has 0 aromatic carbocycles. The molecule has 0 aliphatic heterocycles. The van der Waals surface area contributed by atoms with Crippen LogP contribution in [0.2, 0.25) is 0 Å². The summed E-state index contributed by atoms with van der Waals surface area (Å²) in [4.78, 5) is 11.0. The summed E-state index contributed by atoms with van der Waals surface area (Å²) in [7, 11) is 0. The summed E-state index contributed by atoms with van der Waals surface area (Å²) >= 11 is 0. The van der Waals surface area contributed by atoms with Crippen molar-refractivity contribution < 1.29 is 4.79 Å². The molecule has 3 N–H and O–H groups in total. The molecule has 1 amide bonds. The van der Waals surface area contributed by atoms with E-state index in [1.54, 1.807) is 0 Å². The van der Waals surface area contributed by atoms with Crippen molar-refractivity contribution in [2.75, 3.05) is 6.54 Å². The van der Waals surface area contributed by atoms with Gasteiger partial charge in [0, 0.05) is 6.54 Å². The Morgan fingerprint density at radius 2 is 2.00 bits per heavy atom. The Hall–Kier alpha value is -0.830. The molecule has 0 rings (SSSR count). The number of nitrogens with one attached hydrogen (secondary N) is 1. The Morgan fingerprint density at radius 3 is 2.36 bits per heavy atom. The van der Waals surface area contributed by atoms with E-state index in [-0.39, 0.29) is 11.9 Å². The maximum atomic E-state index is 11.0. The highest BCUT2D eigenvalue weighted by atomic mass is 16.1. The number of rotatable bonds is 6. The van der Waals surface area contributed by atoms with Gasteiger partial charge in [0.25, 0.3) is 0 Å². The van der Waals surface area contributed by atoms with Crippen molar-refractivity contribution in [2.24, 2.45) is 11.7 Å². The lowest BCUT2D eigenvalue weighted by Crippen LogP contribution is -2.42. The van der Waals surface area contributed by atoms with Crippen LogP contribution in [0.1, 0.15) is 34.1 Å². The van der Waals surface area contributed by atoms with Crippen LogP contribution in [0, 0.1) is 5.92 Å². The predicted molar refractivity (Wildman–Crippen MR) is 59.9 cm³/mol. The average Bonchev–Trinajstić information content (AvgIpc) is 2.00. The Morgan fingerprint density at radius 1 is 1.43 bits per heavy atom. The molecule has 0 radical (unpaired) electrons. The van der Waals surface area contributed by atoms with Crippen LogP contribution in [0.5, 0.6) is 0 Å². The third kappa shape index (κ3) is 6.66. The molecule has 0 aliphatic carbocycles. The highest BCUT2D eigenvalue weighted by Gasteiger charge is 2.14. The molecule has 0 bridgehead atoms. The average molecular weight is 198 g/mol. The SMILES string of the molecule is CC(C)=CCN[C@@H](CC(C)C)C(N)=O. The molecule has 0 fully saturated rings. The van der Waals surface area contributed by atoms with Crippen LogP contribution in [-0.4, -0.2) is 18.5 Å². The highest BCUT2D eigenvalue weighted by Crippen LogP contribution is 2.04. The number of primary amides is 1. The molecule has 82 valence electrons. The molecule has 3 nitrogen and oxygen atoms in total. The molecule has 0 aromatic rings. The van der Waals surface area contributed by atoms with Crippen molar-refractivity contribution in [3.63, 3.8) is 0 Å². The van der Waals surface area contributed by atoms with Gasteiger partial charge in [-0.05, 0) is 26.2 Å². The van der Waals surface area contributed by atoms with Crippen LogP contribution >= 0.6 is 0 Å². The number of amides is 1. The van der Waals surface area contributed by atoms with Crippen LogP contribution in [0.15, 0.2) is 11.6 Å². The molecule has 0 saturated heterocycles. The van der Waals surface area contributed by atoms with Crippen molar-refractivity contribution in [1.82, 2.24) is 5.32 Å². The number of carbonyl (C=O) groups is 1. The van der Waals surface area contributed by atoms with Gasteiger partial charge in [-0.25, -0.2) is 0 Å². The molecule has 14 heavy (non-hydrogen) atoms. The van der Waals surface area contributed by atoms with E-state index in [0.717, 1.165) is 6.42 Å². The molecule has 0 saturated carbocycles. The van der Waals surface area contributed by atoms with Crippen LogP contribution in [0.3, 0.4) is 0 Å². The standard InChI is InChI=1S/C11H22N2O/c1-8(2)5-6-13-10(11(12)14)7-9(3)4/h5,9-10,13H,6-7H2,1-4H3,(H2,12,14)/t10-/m0/s1. The molecule has 3 heteroatoms. The topological polar surface area (TPSA) is 55.1 Å². The van der Waals surface area contributed by atoms with E-state index in [4.69, 9.17) is 5.73 Å². The summed E-state index contributed by atoms with van der Waals surface area (Å²) in [6.07, 6.45) is 2.85. The van der Waals surface area contributed by atoms with Crippen LogP contribution in [0.4, 0.5) is 0 Å². The van der Waals surface area contributed by atoms with E-state index in [9.17, 15) is 4.79 Å². The van der Waals surface area contributed by atoms with Gasteiger partial charge in [-0.1, -0.05) is 25.5 Å². The summed E-state index contributed by atoms with van der Waals surface area (Å²) in [5, 5.41) is 3.13. The third-order valence-corrected chi connectivity index (χ3v) is 1.93. The lowest BCUT2D eigenvalue weighted by atomic mass is 10.0. The van der Waals surface area contributed by atoms with Crippen molar-refractivity contribution in [2.45, 2.75) is 40.2 Å². The first-order chi connectivity index (χ1) is 6.43. The second-order valence-corrected chi connectivity index (χ2v) is 4.27. The fourth-order valence-corrected chi connectivity index (χ4v) is 1.18. The summed E-state index contributed by atoms with van der Waals surface area (Å²) in [6, 6.07) is -0.203. The van der Waals surface area contributed by atoms with Gasteiger partial charge in [0.2, 0.25) is 5.91 Å². The van der Waals surface area contributed by atoms with E-state index in [0.29, 0.717) is 12.5 Å². The molecule has 0 spiro atoms. The van der Waals surface area contributed by atoms with Crippen LogP contribution < -0.4 is 11.1 Å². The smallest absolute Gasteiger partial charge is 0.234 e. The third-order valence-electron chi connectivity index (χ3n) is 1.93. The summed E-state index contributed by atoms with van der Waals surface area (Å²) in [5.74, 6) is 0.215. The first-order valence-electron chi connectivity index (χ1n) is 5.09. The van der Waals surface area contributed by atoms with E-state index < -0.39 is 0 Å². The molecular formula is C11H22N2O. The maximum absolute atomic E-state index is 11.0. The van der Waals surface area contributed by atoms with Gasteiger partial charge in [0.05, 0.1) is 6.04 Å². The van der Waals surface area contributed by atoms with Crippen molar-refractivity contribution in [3.05, 3.63) is 11.6 Å². The molecule has 0 unspecified atom stereocenters. The molecule has 0 heterocycles. The van der Waals surface area contributed by atoms with Gasteiger partial charge in [0.1, 0.15) is 0 Å². The summed E-state index contributed by atoms with van der Waals surface area (Å²) in [5.41, 5.74) is 6.52. The quantitative estimate of drug-likeness (QED) is 0.635. The monoisotopic (exact) mass is 198 g/mol. The van der Waals surface area contributed by atoms with Gasteiger partial charge >= 0.3 is 0 Å². The first-order valence-corrected chi connectivity index (χ1v) is 5.09. The lowest BCUT2D eigenvalue weighted by molar-refractivity contribution is -0.120. The molecular weight excluding hydrogens is 176 g/mol.